The molecule has 108 valence electrons. The van der Waals surface area contributed by atoms with Crippen molar-refractivity contribution in [3.8, 4) is 5.75 Å². The number of anilines is 3. The van der Waals surface area contributed by atoms with Crippen LogP contribution in [0.5, 0.6) is 5.75 Å². The highest BCUT2D eigenvalue weighted by atomic mass is 79.9. The van der Waals surface area contributed by atoms with Crippen molar-refractivity contribution in [2.24, 2.45) is 0 Å². The molecule has 0 amide bonds. The van der Waals surface area contributed by atoms with Crippen LogP contribution in [0.3, 0.4) is 0 Å². The molecule has 0 unspecified atom stereocenters. The van der Waals surface area contributed by atoms with Crippen LogP contribution in [-0.4, -0.2) is 17.4 Å². The molecule has 0 spiro atoms. The van der Waals surface area contributed by atoms with E-state index in [1.807, 2.05) is 18.2 Å². The van der Waals surface area contributed by atoms with Crippen LogP contribution in [0.25, 0.3) is 11.0 Å². The van der Waals surface area contributed by atoms with Crippen LogP contribution in [0.1, 0.15) is 0 Å². The third-order valence-electron chi connectivity index (χ3n) is 2.96. The van der Waals surface area contributed by atoms with Crippen molar-refractivity contribution in [3.63, 3.8) is 0 Å². The average Bonchev–Trinajstić information content (AvgIpc) is 2.95. The molecule has 0 aliphatic carbocycles. The summed E-state index contributed by atoms with van der Waals surface area (Å²) in [5, 5.41) is 10.9. The largest absolute Gasteiger partial charge is 0.495 e. The van der Waals surface area contributed by atoms with Crippen LogP contribution in [0, 0.1) is 0 Å². The maximum atomic E-state index is 5.83. The zero-order valence-corrected chi connectivity index (χ0v) is 14.0. The molecule has 2 aromatic carbocycles. The minimum Gasteiger partial charge on any atom is -0.495 e. The normalized spacial score (nSPS) is 10.8. The van der Waals surface area contributed by atoms with Gasteiger partial charge in [0.1, 0.15) is 5.75 Å². The van der Waals surface area contributed by atoms with Crippen molar-refractivity contribution in [1.29, 1.82) is 0 Å². The second kappa shape index (κ2) is 5.53. The average molecular weight is 414 g/mol. The molecule has 1 aromatic heterocycles. The lowest BCUT2D eigenvalue weighted by molar-refractivity contribution is 0.316. The fraction of sp³-hybridized carbons (Fsp3) is 0.0769. The van der Waals surface area contributed by atoms with Gasteiger partial charge in [-0.2, -0.15) is 0 Å². The number of ether oxygens (including phenoxy) is 1. The van der Waals surface area contributed by atoms with E-state index in [1.165, 1.54) is 0 Å². The summed E-state index contributed by atoms with van der Waals surface area (Å²) < 4.78 is 11.8. The fourth-order valence-corrected chi connectivity index (χ4v) is 3.17. The Hall–Kier alpha value is -1.80. The maximum Gasteiger partial charge on any atom is 0.160 e. The predicted molar refractivity (Wildman–Crippen MR) is 87.9 cm³/mol. The number of methoxy groups -OCH3 is 1. The Morgan fingerprint density at radius 1 is 1.10 bits per heavy atom. The number of nitrogens with two attached hydrogens (primary N) is 1. The van der Waals surface area contributed by atoms with E-state index in [0.29, 0.717) is 22.5 Å². The van der Waals surface area contributed by atoms with Crippen molar-refractivity contribution in [2.45, 2.75) is 0 Å². The Morgan fingerprint density at radius 3 is 2.62 bits per heavy atom. The number of hydrogen-bond acceptors (Lipinski definition) is 6. The predicted octanol–water partition coefficient (Wildman–Crippen LogP) is 4.08. The van der Waals surface area contributed by atoms with Gasteiger partial charge in [-0.15, -0.1) is 0 Å². The highest BCUT2D eigenvalue weighted by Gasteiger charge is 2.13. The molecule has 0 bridgehead atoms. The Kier molecular flexibility index (Phi) is 3.73. The Labute approximate surface area is 136 Å². The van der Waals surface area contributed by atoms with Crippen molar-refractivity contribution < 1.29 is 9.37 Å². The van der Waals surface area contributed by atoms with Crippen LogP contribution in [0.2, 0.25) is 0 Å². The molecule has 0 saturated heterocycles. The summed E-state index contributed by atoms with van der Waals surface area (Å²) in [6.45, 7) is 0. The van der Waals surface area contributed by atoms with Crippen LogP contribution in [0.4, 0.5) is 17.1 Å². The van der Waals surface area contributed by atoms with Gasteiger partial charge in [0.05, 0.1) is 28.6 Å². The molecule has 21 heavy (non-hydrogen) atoms. The molecule has 0 fully saturated rings. The molecule has 8 heteroatoms. The third kappa shape index (κ3) is 2.56. The molecule has 3 aromatic rings. The van der Waals surface area contributed by atoms with Gasteiger partial charge in [0.15, 0.2) is 11.0 Å². The Balaban J connectivity index is 2.07. The quantitative estimate of drug-likeness (QED) is 0.629. The second-order valence-electron chi connectivity index (χ2n) is 4.26. The molecule has 3 N–H and O–H groups in total. The molecular weight excluding hydrogens is 404 g/mol. The number of benzene rings is 2. The maximum absolute atomic E-state index is 5.83. The molecule has 1 heterocycles. The summed E-state index contributed by atoms with van der Waals surface area (Å²) in [6, 6.07) is 7.34. The van der Waals surface area contributed by atoms with Gasteiger partial charge in [-0.25, -0.2) is 4.63 Å². The van der Waals surface area contributed by atoms with Crippen molar-refractivity contribution in [3.05, 3.63) is 33.2 Å². The topological polar surface area (TPSA) is 86.2 Å². The van der Waals surface area contributed by atoms with Gasteiger partial charge in [-0.3, -0.25) is 0 Å². The lowest BCUT2D eigenvalue weighted by atomic mass is 10.2. The standard InChI is InChI=1S/C13H10Br2N4O2/c1-20-11-5-10(6(14)4-7(11)15)17-9-3-2-8(16)12-13(9)19-21-18-12/h2-5,17H,16H2,1H3. The molecule has 0 aliphatic heterocycles. The van der Waals surface area contributed by atoms with Gasteiger partial charge in [0, 0.05) is 10.5 Å². The first kappa shape index (κ1) is 14.2. The highest BCUT2D eigenvalue weighted by Crippen LogP contribution is 2.37. The van der Waals surface area contributed by atoms with E-state index in [4.69, 9.17) is 15.1 Å². The summed E-state index contributed by atoms with van der Waals surface area (Å²) in [7, 11) is 1.61. The SMILES string of the molecule is COc1cc(Nc2ccc(N)c3nonc23)c(Br)cc1Br. The third-order valence-corrected chi connectivity index (χ3v) is 4.23. The molecule has 0 saturated carbocycles. The van der Waals surface area contributed by atoms with Gasteiger partial charge in [0.2, 0.25) is 0 Å². The summed E-state index contributed by atoms with van der Waals surface area (Å²) in [6.07, 6.45) is 0. The van der Waals surface area contributed by atoms with Crippen LogP contribution in [-0.2, 0) is 0 Å². The first-order valence-corrected chi connectivity index (χ1v) is 7.49. The summed E-state index contributed by atoms with van der Waals surface area (Å²) in [4.78, 5) is 0. The van der Waals surface area contributed by atoms with E-state index >= 15 is 0 Å². The summed E-state index contributed by atoms with van der Waals surface area (Å²) >= 11 is 6.94. The first-order valence-electron chi connectivity index (χ1n) is 5.91. The number of halogens is 2. The molecule has 0 radical (unpaired) electrons. The smallest absolute Gasteiger partial charge is 0.160 e. The number of nitrogen functional groups attached to an aromatic ring is 1. The van der Waals surface area contributed by atoms with E-state index < -0.39 is 0 Å². The lowest BCUT2D eigenvalue weighted by Crippen LogP contribution is -1.96. The van der Waals surface area contributed by atoms with Crippen LogP contribution in [0.15, 0.2) is 37.8 Å². The number of fused-ring (bicyclic) bond motifs is 1. The zero-order valence-electron chi connectivity index (χ0n) is 10.9. The van der Waals surface area contributed by atoms with Gasteiger partial charge in [-0.1, -0.05) is 0 Å². The van der Waals surface area contributed by atoms with Gasteiger partial charge in [-0.05, 0) is 60.4 Å². The van der Waals surface area contributed by atoms with E-state index in [-0.39, 0.29) is 0 Å². The lowest BCUT2D eigenvalue weighted by Gasteiger charge is -2.12. The van der Waals surface area contributed by atoms with Crippen molar-refractivity contribution in [1.82, 2.24) is 10.3 Å². The molecule has 0 aliphatic rings. The molecule has 3 rings (SSSR count). The van der Waals surface area contributed by atoms with Gasteiger partial charge >= 0.3 is 0 Å². The van der Waals surface area contributed by atoms with E-state index in [0.717, 1.165) is 20.3 Å². The van der Waals surface area contributed by atoms with Crippen molar-refractivity contribution in [2.75, 3.05) is 18.2 Å². The first-order chi connectivity index (χ1) is 10.1. The van der Waals surface area contributed by atoms with Crippen LogP contribution < -0.4 is 15.8 Å². The Bertz CT molecular complexity index is 819. The van der Waals surface area contributed by atoms with Gasteiger partial charge < -0.3 is 15.8 Å². The van der Waals surface area contributed by atoms with Gasteiger partial charge in [0.25, 0.3) is 0 Å². The van der Waals surface area contributed by atoms with E-state index in [9.17, 15) is 0 Å². The number of rotatable bonds is 3. The van der Waals surface area contributed by atoms with Crippen molar-refractivity contribution >= 4 is 60.0 Å². The zero-order chi connectivity index (χ0) is 15.0. The Morgan fingerprint density at radius 2 is 1.86 bits per heavy atom. The minimum atomic E-state index is 0.518. The number of hydrogen-bond donors (Lipinski definition) is 2. The number of nitrogens with zero attached hydrogens (tertiary/aromatic N) is 2. The summed E-state index contributed by atoms with van der Waals surface area (Å²) in [5.74, 6) is 0.714. The summed E-state index contributed by atoms with van der Waals surface area (Å²) in [5.41, 5.74) is 9.02. The number of aromatic nitrogens is 2. The molecular formula is C13H10Br2N4O2. The van der Waals surface area contributed by atoms with Crippen LogP contribution >= 0.6 is 31.9 Å². The monoisotopic (exact) mass is 412 g/mol. The second-order valence-corrected chi connectivity index (χ2v) is 5.96. The van der Waals surface area contributed by atoms with E-state index in [1.54, 1.807) is 13.2 Å². The van der Waals surface area contributed by atoms with E-state index in [2.05, 4.69) is 47.5 Å². The highest BCUT2D eigenvalue weighted by molar-refractivity contribution is 9.11. The molecule has 6 nitrogen and oxygen atoms in total. The number of nitrogens with one attached hydrogen (secondary N) is 1. The molecule has 0 atom stereocenters. The fourth-order valence-electron chi connectivity index (χ4n) is 1.91. The minimum absolute atomic E-state index is 0.518.